The van der Waals surface area contributed by atoms with Gasteiger partial charge in [-0.05, 0) is 60.2 Å². The summed E-state index contributed by atoms with van der Waals surface area (Å²) in [5.74, 6) is -2.41. The fraction of sp³-hybridized carbons (Fsp3) is 0.240. The number of methoxy groups -OCH3 is 1. The number of fused-ring (bicyclic) bond motifs is 1. The van der Waals surface area contributed by atoms with E-state index in [0.29, 0.717) is 24.0 Å². The molecule has 9 nitrogen and oxygen atoms in total. The summed E-state index contributed by atoms with van der Waals surface area (Å²) in [6.45, 7) is 1.88. The molecule has 4 rings (SSSR count). The number of hydrogen-bond acceptors (Lipinski definition) is 6. The van der Waals surface area contributed by atoms with Crippen molar-refractivity contribution in [2.24, 2.45) is 0 Å². The minimum atomic E-state index is -0.983. The number of hydrogen-bond donors (Lipinski definition) is 3. The van der Waals surface area contributed by atoms with Crippen LogP contribution in [0.2, 0.25) is 0 Å². The van der Waals surface area contributed by atoms with Gasteiger partial charge < -0.3 is 20.5 Å². The minimum absolute atomic E-state index is 0.00740. The highest BCUT2D eigenvalue weighted by Crippen LogP contribution is 2.34. The van der Waals surface area contributed by atoms with Gasteiger partial charge in [0.15, 0.2) is 11.6 Å². The number of carbonyl (C=O) groups excluding carboxylic acids is 2. The van der Waals surface area contributed by atoms with E-state index < -0.39 is 23.6 Å². The van der Waals surface area contributed by atoms with Gasteiger partial charge in [-0.1, -0.05) is 12.1 Å². The van der Waals surface area contributed by atoms with Crippen molar-refractivity contribution in [1.82, 2.24) is 20.6 Å². The number of carbonyl (C=O) groups is 3. The standard InChI is InChI=1S/C25H23FN4O5/c1-13-15-6-8-19(17(15)5-4-16(13)25(33)34)30-24(32)21-10-20(28-12-29-21)23(31)27-11-14-3-7-18(26)22(9-14)35-2/h3-5,7,9-10,12,19H,6,8,11H2,1-2H3,(H,27,31)(H,30,32)(H,33,34). The first kappa shape index (κ1) is 23.8. The number of nitrogens with zero attached hydrogens (tertiary/aromatic N) is 2. The van der Waals surface area contributed by atoms with Crippen molar-refractivity contribution in [3.05, 3.63) is 87.7 Å². The molecule has 10 heteroatoms. The zero-order valence-corrected chi connectivity index (χ0v) is 19.1. The Balaban J connectivity index is 1.43. The number of aromatic nitrogens is 2. The van der Waals surface area contributed by atoms with Crippen LogP contribution in [0.25, 0.3) is 0 Å². The zero-order valence-electron chi connectivity index (χ0n) is 19.1. The number of carboxylic acid groups (broad SMARTS) is 1. The maximum Gasteiger partial charge on any atom is 0.335 e. The van der Waals surface area contributed by atoms with Gasteiger partial charge in [-0.25, -0.2) is 19.2 Å². The highest BCUT2D eigenvalue weighted by molar-refractivity contribution is 5.97. The van der Waals surface area contributed by atoms with Crippen molar-refractivity contribution in [3.8, 4) is 5.75 Å². The van der Waals surface area contributed by atoms with Crippen LogP contribution in [0.3, 0.4) is 0 Å². The number of halogens is 1. The van der Waals surface area contributed by atoms with Gasteiger partial charge in [0.1, 0.15) is 17.7 Å². The molecule has 1 aliphatic carbocycles. The number of benzene rings is 2. The predicted octanol–water partition coefficient (Wildman–Crippen LogP) is 2.98. The second-order valence-electron chi connectivity index (χ2n) is 8.12. The molecule has 180 valence electrons. The number of nitrogens with one attached hydrogen (secondary N) is 2. The normalized spacial score (nSPS) is 14.2. The third kappa shape index (κ3) is 4.96. The Morgan fingerprint density at radius 1 is 1.11 bits per heavy atom. The van der Waals surface area contributed by atoms with Crippen molar-refractivity contribution in [1.29, 1.82) is 0 Å². The van der Waals surface area contributed by atoms with Gasteiger partial charge in [0, 0.05) is 12.6 Å². The fourth-order valence-electron chi connectivity index (χ4n) is 4.19. The van der Waals surface area contributed by atoms with Crippen molar-refractivity contribution in [3.63, 3.8) is 0 Å². The molecule has 1 unspecified atom stereocenters. The Kier molecular flexibility index (Phi) is 6.72. The molecule has 0 saturated heterocycles. The quantitative estimate of drug-likeness (QED) is 0.476. The summed E-state index contributed by atoms with van der Waals surface area (Å²) in [5.41, 5.74) is 3.42. The number of carboxylic acids is 1. The van der Waals surface area contributed by atoms with Crippen LogP contribution in [0.4, 0.5) is 4.39 Å². The van der Waals surface area contributed by atoms with Crippen LogP contribution in [0.15, 0.2) is 42.7 Å². The van der Waals surface area contributed by atoms with E-state index in [9.17, 15) is 23.9 Å². The summed E-state index contributed by atoms with van der Waals surface area (Å²) in [6, 6.07) is 8.54. The van der Waals surface area contributed by atoms with Crippen molar-refractivity contribution < 1.29 is 28.6 Å². The van der Waals surface area contributed by atoms with Gasteiger partial charge in [0.05, 0.1) is 18.7 Å². The molecule has 1 heterocycles. The van der Waals surface area contributed by atoms with E-state index in [1.54, 1.807) is 19.1 Å². The summed E-state index contributed by atoms with van der Waals surface area (Å²) in [5, 5.41) is 14.9. The largest absolute Gasteiger partial charge is 0.494 e. The van der Waals surface area contributed by atoms with Crippen molar-refractivity contribution in [2.75, 3.05) is 7.11 Å². The lowest BCUT2D eigenvalue weighted by Gasteiger charge is -2.15. The summed E-state index contributed by atoms with van der Waals surface area (Å²) in [4.78, 5) is 44.7. The summed E-state index contributed by atoms with van der Waals surface area (Å²) in [6.07, 6.45) is 2.42. The van der Waals surface area contributed by atoms with E-state index in [1.807, 2.05) is 0 Å². The summed E-state index contributed by atoms with van der Waals surface area (Å²) < 4.78 is 18.5. The van der Waals surface area contributed by atoms with E-state index in [4.69, 9.17) is 4.74 Å². The van der Waals surface area contributed by atoms with E-state index in [0.717, 1.165) is 17.5 Å². The molecule has 35 heavy (non-hydrogen) atoms. The van der Waals surface area contributed by atoms with Crippen LogP contribution in [0.5, 0.6) is 5.75 Å². The SMILES string of the molecule is COc1cc(CNC(=O)c2cc(C(=O)NC3CCc4c3ccc(C(=O)O)c4C)ncn2)ccc1F. The third-order valence-corrected chi connectivity index (χ3v) is 6.03. The van der Waals surface area contributed by atoms with Crippen LogP contribution < -0.4 is 15.4 Å². The topological polar surface area (TPSA) is 131 Å². The van der Waals surface area contributed by atoms with Crippen LogP contribution in [0.1, 0.15) is 66.1 Å². The molecule has 3 aromatic rings. The number of rotatable bonds is 7. The molecule has 1 aliphatic rings. The number of aromatic carboxylic acids is 1. The lowest BCUT2D eigenvalue weighted by atomic mass is 9.98. The van der Waals surface area contributed by atoms with E-state index in [1.165, 1.54) is 31.4 Å². The smallest absolute Gasteiger partial charge is 0.335 e. The number of amides is 2. The Morgan fingerprint density at radius 2 is 1.86 bits per heavy atom. The van der Waals surface area contributed by atoms with Crippen LogP contribution in [-0.4, -0.2) is 40.0 Å². The van der Waals surface area contributed by atoms with Gasteiger partial charge in [-0.3, -0.25) is 9.59 Å². The lowest BCUT2D eigenvalue weighted by Crippen LogP contribution is -2.29. The van der Waals surface area contributed by atoms with E-state index >= 15 is 0 Å². The molecule has 0 radical (unpaired) electrons. The third-order valence-electron chi connectivity index (χ3n) is 6.03. The second-order valence-corrected chi connectivity index (χ2v) is 8.12. The molecule has 0 aliphatic heterocycles. The molecule has 2 aromatic carbocycles. The maximum absolute atomic E-state index is 13.6. The van der Waals surface area contributed by atoms with Crippen molar-refractivity contribution in [2.45, 2.75) is 32.4 Å². The Hall–Kier alpha value is -4.34. The molecule has 1 aromatic heterocycles. The van der Waals surface area contributed by atoms with Crippen LogP contribution in [-0.2, 0) is 13.0 Å². The van der Waals surface area contributed by atoms with Gasteiger partial charge in [-0.2, -0.15) is 0 Å². The molecule has 0 saturated carbocycles. The van der Waals surface area contributed by atoms with Gasteiger partial charge >= 0.3 is 5.97 Å². The first-order chi connectivity index (χ1) is 16.8. The molecule has 1 atom stereocenters. The average Bonchev–Trinajstić information content (AvgIpc) is 3.26. The molecular weight excluding hydrogens is 455 g/mol. The highest BCUT2D eigenvalue weighted by atomic mass is 19.1. The molecule has 2 amide bonds. The molecular formula is C25H23FN4O5. The first-order valence-corrected chi connectivity index (χ1v) is 10.9. The molecule has 3 N–H and O–H groups in total. The van der Waals surface area contributed by atoms with Crippen LogP contribution in [0, 0.1) is 12.7 Å². The van der Waals surface area contributed by atoms with Crippen LogP contribution >= 0.6 is 0 Å². The molecule has 0 bridgehead atoms. The van der Waals surface area contributed by atoms with Crippen molar-refractivity contribution >= 4 is 17.8 Å². The highest BCUT2D eigenvalue weighted by Gasteiger charge is 2.28. The summed E-state index contributed by atoms with van der Waals surface area (Å²) >= 11 is 0. The predicted molar refractivity (Wildman–Crippen MR) is 123 cm³/mol. The zero-order chi connectivity index (χ0) is 25.1. The Morgan fingerprint density at radius 3 is 2.57 bits per heavy atom. The maximum atomic E-state index is 13.6. The minimum Gasteiger partial charge on any atom is -0.494 e. The van der Waals surface area contributed by atoms with Gasteiger partial charge in [-0.15, -0.1) is 0 Å². The molecule has 0 spiro atoms. The Labute approximate surface area is 200 Å². The first-order valence-electron chi connectivity index (χ1n) is 10.9. The molecule has 0 fully saturated rings. The lowest BCUT2D eigenvalue weighted by molar-refractivity contribution is 0.0695. The second kappa shape index (κ2) is 9.88. The monoisotopic (exact) mass is 478 g/mol. The van der Waals surface area contributed by atoms with E-state index in [2.05, 4.69) is 20.6 Å². The Bertz CT molecular complexity index is 1330. The average molecular weight is 478 g/mol. The summed E-state index contributed by atoms with van der Waals surface area (Å²) in [7, 11) is 1.35. The number of ether oxygens (including phenoxy) is 1. The van der Waals surface area contributed by atoms with E-state index in [-0.39, 0.29) is 35.3 Å². The fourth-order valence-corrected chi connectivity index (χ4v) is 4.19. The van der Waals surface area contributed by atoms with Gasteiger partial charge in [0.2, 0.25) is 0 Å². The van der Waals surface area contributed by atoms with Gasteiger partial charge in [0.25, 0.3) is 11.8 Å².